The van der Waals surface area contributed by atoms with Crippen LogP contribution in [0.25, 0.3) is 0 Å². The van der Waals surface area contributed by atoms with Crippen LogP contribution in [-0.4, -0.2) is 29.1 Å². The van der Waals surface area contributed by atoms with Gasteiger partial charge >= 0.3 is 6.18 Å². The van der Waals surface area contributed by atoms with Crippen molar-refractivity contribution >= 4 is 33.4 Å². The lowest BCUT2D eigenvalue weighted by atomic mass is 9.98. The second-order valence-electron chi connectivity index (χ2n) is 7.89. The smallest absolute Gasteiger partial charge is 0.417 e. The van der Waals surface area contributed by atoms with Crippen LogP contribution in [0.3, 0.4) is 0 Å². The fourth-order valence-electron chi connectivity index (χ4n) is 3.45. The summed E-state index contributed by atoms with van der Waals surface area (Å²) in [7, 11) is 1.75. The first-order chi connectivity index (χ1) is 16.6. The van der Waals surface area contributed by atoms with Gasteiger partial charge in [0.25, 0.3) is 5.91 Å². The van der Waals surface area contributed by atoms with Crippen LogP contribution in [0.1, 0.15) is 36.1 Å². The predicted octanol–water partition coefficient (Wildman–Crippen LogP) is 6.62. The fraction of sp³-hybridized carbons (Fsp3) is 0.280. The Bertz CT molecular complexity index is 1130. The van der Waals surface area contributed by atoms with E-state index in [1.54, 1.807) is 19.0 Å². The number of carbonyl (C=O) groups is 1. The van der Waals surface area contributed by atoms with Crippen LogP contribution in [-0.2, 0) is 17.4 Å². The van der Waals surface area contributed by atoms with Crippen molar-refractivity contribution in [2.24, 2.45) is 0 Å². The summed E-state index contributed by atoms with van der Waals surface area (Å²) < 4.78 is 44.8. The van der Waals surface area contributed by atoms with E-state index in [0.717, 1.165) is 27.7 Å². The van der Waals surface area contributed by atoms with Gasteiger partial charge in [-0.25, -0.2) is 9.99 Å². The van der Waals surface area contributed by atoms with Crippen molar-refractivity contribution < 1.29 is 22.7 Å². The summed E-state index contributed by atoms with van der Waals surface area (Å²) in [6, 6.07) is 17.0. The minimum Gasteiger partial charge on any atom is -0.464 e. The molecule has 5 nitrogen and oxygen atoms in total. The molecule has 1 heterocycles. The number of aromatic nitrogens is 1. The Kier molecular flexibility index (Phi) is 9.15. The number of alkyl halides is 3. The zero-order valence-corrected chi connectivity index (χ0v) is 21.4. The van der Waals surface area contributed by atoms with E-state index in [2.05, 4.69) is 26.3 Å². The molecule has 186 valence electrons. The summed E-state index contributed by atoms with van der Waals surface area (Å²) >= 11 is 9.51. The van der Waals surface area contributed by atoms with Crippen molar-refractivity contribution in [2.75, 3.05) is 7.05 Å². The first-order valence-corrected chi connectivity index (χ1v) is 12.0. The number of carbonyl (C=O) groups excluding carboxylic acids is 1. The Balaban J connectivity index is 1.74. The number of nitrogens with zero attached hydrogens (tertiary/aromatic N) is 2. The van der Waals surface area contributed by atoms with Gasteiger partial charge in [0.15, 0.2) is 6.10 Å². The van der Waals surface area contributed by atoms with Crippen molar-refractivity contribution in [3.63, 3.8) is 0 Å². The largest absolute Gasteiger partial charge is 0.464 e. The highest BCUT2D eigenvalue weighted by atomic mass is 79.9. The van der Waals surface area contributed by atoms with Crippen LogP contribution < -0.4 is 10.2 Å². The Hall–Kier alpha value is -2.62. The summed E-state index contributed by atoms with van der Waals surface area (Å²) in [5.41, 5.74) is 3.96. The van der Waals surface area contributed by atoms with E-state index < -0.39 is 23.8 Å². The van der Waals surface area contributed by atoms with E-state index in [1.165, 1.54) is 0 Å². The van der Waals surface area contributed by atoms with Gasteiger partial charge in [-0.15, -0.1) is 0 Å². The number of halogens is 5. The van der Waals surface area contributed by atoms with Gasteiger partial charge in [0.2, 0.25) is 5.88 Å². The Morgan fingerprint density at radius 1 is 1.17 bits per heavy atom. The third-order valence-electron chi connectivity index (χ3n) is 5.32. The van der Waals surface area contributed by atoms with Gasteiger partial charge in [-0.05, 0) is 54.3 Å². The molecule has 1 amide bonds. The molecule has 2 unspecified atom stereocenters. The zero-order chi connectivity index (χ0) is 25.6. The third kappa shape index (κ3) is 7.68. The van der Waals surface area contributed by atoms with Gasteiger partial charge < -0.3 is 4.74 Å². The Labute approximate surface area is 215 Å². The molecule has 3 rings (SSSR count). The Morgan fingerprint density at radius 2 is 1.89 bits per heavy atom. The molecule has 2 aromatic carbocycles. The number of amides is 1. The maximum atomic E-state index is 13.0. The average Bonchev–Trinajstić information content (AvgIpc) is 2.81. The number of benzene rings is 2. The highest BCUT2D eigenvalue weighted by Gasteiger charge is 2.31. The van der Waals surface area contributed by atoms with Crippen LogP contribution in [0.5, 0.6) is 5.88 Å². The molecular formula is C25H24BrClF3N3O2. The lowest BCUT2D eigenvalue weighted by Gasteiger charge is -2.30. The quantitative estimate of drug-likeness (QED) is 0.294. The van der Waals surface area contributed by atoms with Gasteiger partial charge in [0.05, 0.1) is 11.6 Å². The predicted molar refractivity (Wildman–Crippen MR) is 132 cm³/mol. The van der Waals surface area contributed by atoms with E-state index in [-0.39, 0.29) is 11.9 Å². The van der Waals surface area contributed by atoms with E-state index in [9.17, 15) is 18.0 Å². The van der Waals surface area contributed by atoms with Crippen molar-refractivity contribution in [3.8, 4) is 5.88 Å². The average molecular weight is 571 g/mol. The third-order valence-corrected chi connectivity index (χ3v) is 6.06. The van der Waals surface area contributed by atoms with Crippen LogP contribution in [0, 0.1) is 0 Å². The number of hydrogen-bond donors (Lipinski definition) is 1. The maximum Gasteiger partial charge on any atom is 0.417 e. The topological polar surface area (TPSA) is 54.5 Å². The highest BCUT2D eigenvalue weighted by molar-refractivity contribution is 9.10. The number of pyridine rings is 1. The monoisotopic (exact) mass is 569 g/mol. The molecule has 0 saturated carbocycles. The summed E-state index contributed by atoms with van der Waals surface area (Å²) in [5, 5.41) is 2.33. The summed E-state index contributed by atoms with van der Waals surface area (Å²) in [6.07, 6.45) is -3.88. The first kappa shape index (κ1) is 27.0. The van der Waals surface area contributed by atoms with Crippen molar-refractivity contribution in [2.45, 2.75) is 38.1 Å². The second kappa shape index (κ2) is 11.9. The van der Waals surface area contributed by atoms with Gasteiger partial charge in [0, 0.05) is 28.8 Å². The highest BCUT2D eigenvalue weighted by Crippen LogP contribution is 2.30. The zero-order valence-electron chi connectivity index (χ0n) is 19.0. The second-order valence-corrected chi connectivity index (χ2v) is 9.24. The molecule has 0 aliphatic rings. The van der Waals surface area contributed by atoms with E-state index >= 15 is 0 Å². The van der Waals surface area contributed by atoms with Crippen molar-refractivity contribution in [3.05, 3.63) is 93.0 Å². The normalized spacial score (nSPS) is 13.4. The number of likely N-dealkylation sites (N-methyl/N-ethyl adjacent to an activating group) is 1. The van der Waals surface area contributed by atoms with E-state index in [1.807, 2.05) is 48.5 Å². The molecule has 0 spiro atoms. The molecule has 0 radical (unpaired) electrons. The van der Waals surface area contributed by atoms with E-state index in [4.69, 9.17) is 16.3 Å². The maximum absolute atomic E-state index is 13.0. The SMILES string of the molecule is CCC(Oc1ccc(C(F)(F)F)cn1)C(=O)NN(C)C(Cc1ccc(Cl)cc1)c1cccc(Br)c1. The minimum absolute atomic E-state index is 0.0626. The number of hydrogen-bond acceptors (Lipinski definition) is 4. The minimum atomic E-state index is -4.50. The molecule has 0 aliphatic carbocycles. The van der Waals surface area contributed by atoms with Gasteiger partial charge in [-0.1, -0.05) is 58.7 Å². The van der Waals surface area contributed by atoms with Crippen LogP contribution in [0.15, 0.2) is 71.3 Å². The first-order valence-electron chi connectivity index (χ1n) is 10.8. The lowest BCUT2D eigenvalue weighted by molar-refractivity contribution is -0.138. The molecule has 1 N–H and O–H groups in total. The van der Waals surface area contributed by atoms with Crippen LogP contribution in [0.4, 0.5) is 13.2 Å². The fourth-order valence-corrected chi connectivity index (χ4v) is 3.99. The lowest BCUT2D eigenvalue weighted by Crippen LogP contribution is -2.48. The van der Waals surface area contributed by atoms with Crippen molar-refractivity contribution in [1.29, 1.82) is 0 Å². The number of hydrazine groups is 1. The molecule has 10 heteroatoms. The number of rotatable bonds is 9. The number of nitrogens with one attached hydrogen (secondary N) is 1. The summed E-state index contributed by atoms with van der Waals surface area (Å²) in [6.45, 7) is 1.74. The molecule has 0 fully saturated rings. The summed E-state index contributed by atoms with van der Waals surface area (Å²) in [5.74, 6) is -0.500. The van der Waals surface area contributed by atoms with Crippen LogP contribution in [0.2, 0.25) is 5.02 Å². The van der Waals surface area contributed by atoms with Gasteiger partial charge in [-0.3, -0.25) is 10.2 Å². The standard InChI is InChI=1S/C25H24BrClF3N3O2/c1-3-22(35-23-12-9-18(15-31-23)25(28,29)30)24(34)32-33(2)21(17-5-4-6-19(26)14-17)13-16-7-10-20(27)11-8-16/h4-12,14-15,21-22H,3,13H2,1-2H3,(H,32,34). The molecule has 2 atom stereocenters. The van der Waals surface area contributed by atoms with Crippen molar-refractivity contribution in [1.82, 2.24) is 15.4 Å². The molecule has 0 bridgehead atoms. The number of ether oxygens (including phenoxy) is 1. The van der Waals surface area contributed by atoms with Gasteiger partial charge in [-0.2, -0.15) is 13.2 Å². The molecule has 3 aromatic rings. The van der Waals surface area contributed by atoms with Gasteiger partial charge in [0.1, 0.15) is 0 Å². The molecule has 1 aromatic heterocycles. The van der Waals surface area contributed by atoms with Crippen LogP contribution >= 0.6 is 27.5 Å². The Morgan fingerprint density at radius 3 is 2.46 bits per heavy atom. The molecular weight excluding hydrogens is 547 g/mol. The molecule has 35 heavy (non-hydrogen) atoms. The molecule has 0 aliphatic heterocycles. The molecule has 0 saturated heterocycles. The van der Waals surface area contributed by atoms with E-state index in [0.29, 0.717) is 24.1 Å². The summed E-state index contributed by atoms with van der Waals surface area (Å²) in [4.78, 5) is 16.7.